The minimum atomic E-state index is -0.733. The molecule has 0 radical (unpaired) electrons. The summed E-state index contributed by atoms with van der Waals surface area (Å²) in [6, 6.07) is 3.78. The fourth-order valence-corrected chi connectivity index (χ4v) is 3.66. The van der Waals surface area contributed by atoms with Crippen LogP contribution in [0.3, 0.4) is 0 Å². The summed E-state index contributed by atoms with van der Waals surface area (Å²) in [5.74, 6) is -0.820. The summed E-state index contributed by atoms with van der Waals surface area (Å²) in [6.45, 7) is 0.311. The van der Waals surface area contributed by atoms with Crippen LogP contribution in [0.5, 0.6) is 0 Å². The van der Waals surface area contributed by atoms with Gasteiger partial charge in [-0.05, 0) is 44.2 Å². The number of aliphatic hydroxyl groups excluding tert-OH is 2. The van der Waals surface area contributed by atoms with E-state index in [0.29, 0.717) is 30.1 Å². The second kappa shape index (κ2) is 8.88. The lowest BCUT2D eigenvalue weighted by molar-refractivity contribution is 0.126. The maximum Gasteiger partial charge on any atom is 0.224 e. The van der Waals surface area contributed by atoms with E-state index >= 15 is 0 Å². The van der Waals surface area contributed by atoms with E-state index in [4.69, 9.17) is 0 Å². The average Bonchev–Trinajstić information content (AvgIpc) is 3.07. The zero-order valence-corrected chi connectivity index (χ0v) is 16.4. The molecule has 0 spiro atoms. The first-order chi connectivity index (χ1) is 14.5. The molecule has 1 aliphatic carbocycles. The van der Waals surface area contributed by atoms with Crippen molar-refractivity contribution in [2.75, 3.05) is 17.2 Å². The molecular weight excluding hydrogens is 394 g/mol. The molecule has 2 heterocycles. The molecule has 1 aromatic carbocycles. The molecule has 1 fully saturated rings. The minimum Gasteiger partial charge on any atom is -0.396 e. The molecule has 10 heteroatoms. The van der Waals surface area contributed by atoms with Crippen LogP contribution in [0, 0.1) is 11.6 Å². The molecule has 0 aliphatic heterocycles. The van der Waals surface area contributed by atoms with Gasteiger partial charge in [0.1, 0.15) is 22.8 Å². The maximum atomic E-state index is 14.1. The van der Waals surface area contributed by atoms with E-state index in [1.54, 1.807) is 10.8 Å². The van der Waals surface area contributed by atoms with Crippen molar-refractivity contribution in [3.8, 4) is 0 Å². The molecule has 4 N–H and O–H groups in total. The van der Waals surface area contributed by atoms with Crippen LogP contribution in [0.1, 0.15) is 32.1 Å². The fourth-order valence-electron chi connectivity index (χ4n) is 3.66. The first-order valence-corrected chi connectivity index (χ1v) is 10.0. The Bertz CT molecular complexity index is 1000. The van der Waals surface area contributed by atoms with Crippen LogP contribution < -0.4 is 10.6 Å². The highest BCUT2D eigenvalue weighted by molar-refractivity contribution is 5.76. The van der Waals surface area contributed by atoms with Crippen molar-refractivity contribution >= 4 is 28.7 Å². The van der Waals surface area contributed by atoms with Gasteiger partial charge in [-0.3, -0.25) is 4.57 Å². The summed E-state index contributed by atoms with van der Waals surface area (Å²) < 4.78 is 29.9. The van der Waals surface area contributed by atoms with Gasteiger partial charge in [-0.1, -0.05) is 6.07 Å². The smallest absolute Gasteiger partial charge is 0.224 e. The Morgan fingerprint density at radius 1 is 1.10 bits per heavy atom. The predicted octanol–water partition coefficient (Wildman–Crippen LogP) is 2.95. The Morgan fingerprint density at radius 2 is 1.83 bits per heavy atom. The first-order valence-electron chi connectivity index (χ1n) is 10.0. The van der Waals surface area contributed by atoms with Crippen LogP contribution in [0.4, 0.5) is 26.4 Å². The summed E-state index contributed by atoms with van der Waals surface area (Å²) in [5.41, 5.74) is 0.665. The van der Waals surface area contributed by atoms with Crippen molar-refractivity contribution in [2.24, 2.45) is 0 Å². The Morgan fingerprint density at radius 3 is 2.53 bits per heavy atom. The van der Waals surface area contributed by atoms with Gasteiger partial charge in [0.2, 0.25) is 11.9 Å². The van der Waals surface area contributed by atoms with E-state index in [1.165, 1.54) is 6.07 Å². The lowest BCUT2D eigenvalue weighted by Gasteiger charge is -2.26. The summed E-state index contributed by atoms with van der Waals surface area (Å²) in [6.07, 6.45) is 4.84. The van der Waals surface area contributed by atoms with Crippen LogP contribution in [0.25, 0.3) is 11.2 Å². The Kier molecular flexibility index (Phi) is 6.05. The predicted molar refractivity (Wildman–Crippen MR) is 109 cm³/mol. The summed E-state index contributed by atoms with van der Waals surface area (Å²) in [7, 11) is 0. The third-order valence-electron chi connectivity index (χ3n) is 5.26. The number of benzene rings is 1. The van der Waals surface area contributed by atoms with E-state index in [9.17, 15) is 19.0 Å². The highest BCUT2D eigenvalue weighted by Crippen LogP contribution is 2.27. The molecule has 8 nitrogen and oxygen atoms in total. The molecule has 0 amide bonds. The van der Waals surface area contributed by atoms with Crippen LogP contribution in [0.2, 0.25) is 0 Å². The summed E-state index contributed by atoms with van der Waals surface area (Å²) in [4.78, 5) is 13.3. The average molecular weight is 418 g/mol. The Hall–Kier alpha value is -2.85. The van der Waals surface area contributed by atoms with Gasteiger partial charge in [-0.15, -0.1) is 0 Å². The van der Waals surface area contributed by atoms with Crippen LogP contribution >= 0.6 is 0 Å². The number of anilines is 3. The SMILES string of the molecule is OCCCn1c(Nc2c(F)cccc2F)nc2cnc(NC3CCC(O)CC3)nc21. The van der Waals surface area contributed by atoms with Gasteiger partial charge < -0.3 is 20.8 Å². The van der Waals surface area contributed by atoms with Gasteiger partial charge in [0.25, 0.3) is 0 Å². The second-order valence-corrected chi connectivity index (χ2v) is 7.44. The molecule has 0 atom stereocenters. The van der Waals surface area contributed by atoms with E-state index in [-0.39, 0.29) is 30.4 Å². The van der Waals surface area contributed by atoms with Gasteiger partial charge in [-0.25, -0.2) is 18.7 Å². The molecule has 4 rings (SSSR count). The fraction of sp³-hybridized carbons (Fsp3) is 0.450. The Labute approximate surface area is 172 Å². The number of aryl methyl sites for hydroxylation is 1. The Balaban J connectivity index is 1.65. The molecule has 30 heavy (non-hydrogen) atoms. The molecule has 1 aliphatic rings. The molecule has 2 aromatic heterocycles. The standard InChI is InChI=1S/C20H24F2N6O2/c21-14-3-1-4-15(22)17(14)26-20-25-16-11-23-19(24-12-5-7-13(30)8-6-12)27-18(16)28(20)9-2-10-29/h1,3-4,11-13,29-30H,2,5-10H2,(H,25,26)(H,23,24,27). The number of aliphatic hydroxyl groups is 2. The number of hydrogen-bond acceptors (Lipinski definition) is 7. The summed E-state index contributed by atoms with van der Waals surface area (Å²) >= 11 is 0. The molecule has 160 valence electrons. The number of rotatable bonds is 7. The quantitative estimate of drug-likeness (QED) is 0.467. The lowest BCUT2D eigenvalue weighted by atomic mass is 9.93. The van der Waals surface area contributed by atoms with Gasteiger partial charge in [0.15, 0.2) is 5.65 Å². The number of para-hydroxylation sites is 1. The van der Waals surface area contributed by atoms with E-state index in [1.807, 2.05) is 0 Å². The largest absolute Gasteiger partial charge is 0.396 e. The highest BCUT2D eigenvalue weighted by Gasteiger charge is 2.21. The molecule has 0 unspecified atom stereocenters. The number of aromatic nitrogens is 4. The van der Waals surface area contributed by atoms with Gasteiger partial charge in [0.05, 0.1) is 12.3 Å². The highest BCUT2D eigenvalue weighted by atomic mass is 19.1. The summed E-state index contributed by atoms with van der Waals surface area (Å²) in [5, 5.41) is 24.9. The van der Waals surface area contributed by atoms with Crippen molar-refractivity contribution in [1.29, 1.82) is 0 Å². The number of imidazole rings is 1. The zero-order valence-electron chi connectivity index (χ0n) is 16.4. The first kappa shape index (κ1) is 20.4. The van der Waals surface area contributed by atoms with Crippen molar-refractivity contribution in [1.82, 2.24) is 19.5 Å². The van der Waals surface area contributed by atoms with Crippen molar-refractivity contribution < 1.29 is 19.0 Å². The monoisotopic (exact) mass is 418 g/mol. The zero-order chi connectivity index (χ0) is 21.1. The van der Waals surface area contributed by atoms with Crippen molar-refractivity contribution in [2.45, 2.75) is 50.8 Å². The molecule has 1 saturated carbocycles. The number of hydrogen-bond donors (Lipinski definition) is 4. The number of nitrogens with zero attached hydrogens (tertiary/aromatic N) is 4. The normalized spacial score (nSPS) is 19.2. The van der Waals surface area contributed by atoms with Crippen molar-refractivity contribution in [3.63, 3.8) is 0 Å². The molecule has 3 aromatic rings. The van der Waals surface area contributed by atoms with Crippen molar-refractivity contribution in [3.05, 3.63) is 36.0 Å². The maximum absolute atomic E-state index is 14.1. The number of nitrogens with one attached hydrogen (secondary N) is 2. The van der Waals surface area contributed by atoms with Gasteiger partial charge in [0, 0.05) is 19.2 Å². The van der Waals surface area contributed by atoms with Gasteiger partial charge >= 0.3 is 0 Å². The second-order valence-electron chi connectivity index (χ2n) is 7.44. The van der Waals surface area contributed by atoms with Crippen LogP contribution in [0.15, 0.2) is 24.4 Å². The number of halogens is 2. The lowest BCUT2D eigenvalue weighted by Crippen LogP contribution is -2.28. The topological polar surface area (TPSA) is 108 Å². The third kappa shape index (κ3) is 4.34. The minimum absolute atomic E-state index is 0.0479. The van der Waals surface area contributed by atoms with E-state index in [2.05, 4.69) is 25.6 Å². The number of fused-ring (bicyclic) bond motifs is 1. The van der Waals surface area contributed by atoms with E-state index in [0.717, 1.165) is 37.8 Å². The third-order valence-corrected chi connectivity index (χ3v) is 5.26. The molecular formula is C20H24F2N6O2. The van der Waals surface area contributed by atoms with Crippen LogP contribution in [-0.2, 0) is 6.54 Å². The molecule has 0 bridgehead atoms. The molecule has 0 saturated heterocycles. The van der Waals surface area contributed by atoms with Crippen LogP contribution in [-0.4, -0.2) is 48.5 Å². The van der Waals surface area contributed by atoms with E-state index < -0.39 is 11.6 Å². The van der Waals surface area contributed by atoms with Gasteiger partial charge in [-0.2, -0.15) is 4.98 Å².